The molecule has 7 nitrogen and oxygen atoms in total. The molecule has 0 unspecified atom stereocenters. The maximum atomic E-state index is 12.0. The molecule has 0 spiro atoms. The molecule has 3 atom stereocenters. The highest BCUT2D eigenvalue weighted by molar-refractivity contribution is 5.74. The largest absolute Gasteiger partial charge is 0.338 e. The molecule has 2 fully saturated rings. The molecule has 0 radical (unpaired) electrons. The lowest BCUT2D eigenvalue weighted by atomic mass is 10.0. The van der Waals surface area contributed by atoms with Gasteiger partial charge in [0.15, 0.2) is 0 Å². The first-order chi connectivity index (χ1) is 12.6. The first-order valence-electron chi connectivity index (χ1n) is 9.42. The highest BCUT2D eigenvalue weighted by Gasteiger charge is 2.41. The summed E-state index contributed by atoms with van der Waals surface area (Å²) in [6.07, 6.45) is 7.89. The van der Waals surface area contributed by atoms with Gasteiger partial charge in [-0.2, -0.15) is 4.98 Å². The lowest BCUT2D eigenvalue weighted by Gasteiger charge is -2.36. The molecular formula is C19H25N5O2. The van der Waals surface area contributed by atoms with Crippen LogP contribution in [0.15, 0.2) is 29.0 Å². The van der Waals surface area contributed by atoms with Crippen molar-refractivity contribution in [3.8, 4) is 11.4 Å². The van der Waals surface area contributed by atoms with E-state index in [1.165, 1.54) is 0 Å². The Balaban J connectivity index is 1.53. The number of likely N-dealkylation sites (tertiary alicyclic amines) is 2. The van der Waals surface area contributed by atoms with Crippen LogP contribution in [-0.4, -0.2) is 56.0 Å². The number of carbonyl (C=O) groups is 1. The van der Waals surface area contributed by atoms with E-state index in [9.17, 15) is 4.79 Å². The van der Waals surface area contributed by atoms with Crippen LogP contribution in [0, 0.1) is 0 Å². The van der Waals surface area contributed by atoms with Crippen LogP contribution in [0.5, 0.6) is 0 Å². The molecule has 0 aliphatic carbocycles. The minimum Gasteiger partial charge on any atom is -0.338 e. The minimum atomic E-state index is 0.0369. The quantitative estimate of drug-likeness (QED) is 0.839. The first-order valence-corrected chi connectivity index (χ1v) is 9.42. The van der Waals surface area contributed by atoms with Crippen molar-refractivity contribution in [1.29, 1.82) is 0 Å². The Hall–Kier alpha value is -2.28. The summed E-state index contributed by atoms with van der Waals surface area (Å²) in [6, 6.07) is 4.49. The van der Waals surface area contributed by atoms with Crippen molar-refractivity contribution >= 4 is 5.91 Å². The first kappa shape index (κ1) is 17.1. The fraction of sp³-hybridized carbons (Fsp3) is 0.579. The summed E-state index contributed by atoms with van der Waals surface area (Å²) in [5.74, 6) is 1.38. The fourth-order valence-corrected chi connectivity index (χ4v) is 4.45. The number of hydrogen-bond donors (Lipinski definition) is 0. The van der Waals surface area contributed by atoms with Crippen LogP contribution in [0.3, 0.4) is 0 Å². The molecule has 0 N–H and O–H groups in total. The Labute approximate surface area is 153 Å². The standard InChI is InChI=1S/C19H25N5O2/c1-13(19-21-18(22-26-19)15-6-3-9-20-12-15)23-10-4-7-16(23)17-8-5-11-24(17)14(2)25/h3,6,9,12-13,16-17H,4-5,7-8,10-11H2,1-2H3/t13-,16-,17-/m1/s1. The van der Waals surface area contributed by atoms with E-state index < -0.39 is 0 Å². The second-order valence-electron chi connectivity index (χ2n) is 7.24. The fourth-order valence-electron chi connectivity index (χ4n) is 4.45. The summed E-state index contributed by atoms with van der Waals surface area (Å²) in [7, 11) is 0. The Morgan fingerprint density at radius 3 is 2.85 bits per heavy atom. The van der Waals surface area contributed by atoms with Gasteiger partial charge in [0.25, 0.3) is 0 Å². The van der Waals surface area contributed by atoms with E-state index in [1.54, 1.807) is 19.3 Å². The maximum absolute atomic E-state index is 12.0. The van der Waals surface area contributed by atoms with Crippen molar-refractivity contribution in [2.75, 3.05) is 13.1 Å². The molecule has 7 heteroatoms. The third-order valence-electron chi connectivity index (χ3n) is 5.71. The molecule has 0 aromatic carbocycles. The summed E-state index contributed by atoms with van der Waals surface area (Å²) in [6.45, 7) is 5.67. The Kier molecular flexibility index (Phi) is 4.72. The number of carbonyl (C=O) groups excluding carboxylic acids is 1. The van der Waals surface area contributed by atoms with Gasteiger partial charge in [0.2, 0.25) is 17.6 Å². The Bertz CT molecular complexity index is 762. The van der Waals surface area contributed by atoms with E-state index in [4.69, 9.17) is 4.52 Å². The molecule has 2 aromatic heterocycles. The molecule has 2 aliphatic rings. The number of hydrogen-bond acceptors (Lipinski definition) is 6. The lowest BCUT2D eigenvalue weighted by molar-refractivity contribution is -0.130. The van der Waals surface area contributed by atoms with Gasteiger partial charge in [-0.25, -0.2) is 0 Å². The molecule has 2 saturated heterocycles. The van der Waals surface area contributed by atoms with E-state index in [-0.39, 0.29) is 11.9 Å². The highest BCUT2D eigenvalue weighted by Crippen LogP contribution is 2.35. The molecule has 2 aromatic rings. The molecule has 0 saturated carbocycles. The van der Waals surface area contributed by atoms with Crippen molar-refractivity contribution < 1.29 is 9.32 Å². The summed E-state index contributed by atoms with van der Waals surface area (Å²) < 4.78 is 5.57. The molecule has 138 valence electrons. The molecule has 1 amide bonds. The van der Waals surface area contributed by atoms with E-state index in [0.29, 0.717) is 23.8 Å². The molecule has 0 bridgehead atoms. The topological polar surface area (TPSA) is 75.4 Å². The van der Waals surface area contributed by atoms with Crippen LogP contribution in [0.4, 0.5) is 0 Å². The highest BCUT2D eigenvalue weighted by atomic mass is 16.5. The smallest absolute Gasteiger partial charge is 0.244 e. The van der Waals surface area contributed by atoms with E-state index in [2.05, 4.69) is 26.9 Å². The Morgan fingerprint density at radius 2 is 2.08 bits per heavy atom. The lowest BCUT2D eigenvalue weighted by Crippen LogP contribution is -2.48. The molecule has 4 heterocycles. The molecule has 4 rings (SSSR count). The number of pyridine rings is 1. The average molecular weight is 355 g/mol. The second-order valence-corrected chi connectivity index (χ2v) is 7.24. The number of amides is 1. The van der Waals surface area contributed by atoms with Gasteiger partial charge in [-0.1, -0.05) is 5.16 Å². The van der Waals surface area contributed by atoms with Crippen LogP contribution in [0.25, 0.3) is 11.4 Å². The summed E-state index contributed by atoms with van der Waals surface area (Å²) in [4.78, 5) is 25.2. The van der Waals surface area contributed by atoms with Gasteiger partial charge in [0.1, 0.15) is 0 Å². The second kappa shape index (κ2) is 7.15. The SMILES string of the molecule is CC(=O)N1CCC[C@@H]1[C@H]1CCCN1[C@H](C)c1nc(-c2cccnc2)no1. The number of rotatable bonds is 4. The van der Waals surface area contributed by atoms with Crippen LogP contribution in [0.1, 0.15) is 51.5 Å². The van der Waals surface area contributed by atoms with Crippen LogP contribution in [-0.2, 0) is 4.79 Å². The predicted octanol–water partition coefficient (Wildman–Crippen LogP) is 2.67. The molecule has 2 aliphatic heterocycles. The van der Waals surface area contributed by atoms with Crippen molar-refractivity contribution in [3.05, 3.63) is 30.4 Å². The van der Waals surface area contributed by atoms with Gasteiger partial charge in [-0.05, 0) is 51.3 Å². The van der Waals surface area contributed by atoms with Crippen molar-refractivity contribution in [2.45, 2.75) is 57.7 Å². The zero-order chi connectivity index (χ0) is 18.1. The van der Waals surface area contributed by atoms with Gasteiger partial charge < -0.3 is 9.42 Å². The number of nitrogens with zero attached hydrogens (tertiary/aromatic N) is 5. The van der Waals surface area contributed by atoms with E-state index >= 15 is 0 Å². The van der Waals surface area contributed by atoms with E-state index in [0.717, 1.165) is 44.3 Å². The van der Waals surface area contributed by atoms with Gasteiger partial charge in [-0.15, -0.1) is 0 Å². The monoisotopic (exact) mass is 355 g/mol. The summed E-state index contributed by atoms with van der Waals surface area (Å²) in [5, 5.41) is 4.13. The third kappa shape index (κ3) is 3.11. The van der Waals surface area contributed by atoms with Gasteiger partial charge in [-0.3, -0.25) is 14.7 Å². The average Bonchev–Trinajstić information content (AvgIpc) is 3.40. The molecule has 26 heavy (non-hydrogen) atoms. The minimum absolute atomic E-state index is 0.0369. The van der Waals surface area contributed by atoms with Gasteiger partial charge in [0, 0.05) is 43.5 Å². The zero-order valence-electron chi connectivity index (χ0n) is 15.3. The normalized spacial score (nSPS) is 24.9. The number of aromatic nitrogens is 3. The molecular weight excluding hydrogens is 330 g/mol. The van der Waals surface area contributed by atoms with E-state index in [1.807, 2.05) is 17.0 Å². The van der Waals surface area contributed by atoms with Crippen LogP contribution < -0.4 is 0 Å². The summed E-state index contributed by atoms with van der Waals surface area (Å²) >= 11 is 0. The van der Waals surface area contributed by atoms with Crippen LogP contribution >= 0.6 is 0 Å². The summed E-state index contributed by atoms with van der Waals surface area (Å²) in [5.41, 5.74) is 0.853. The van der Waals surface area contributed by atoms with Crippen molar-refractivity contribution in [3.63, 3.8) is 0 Å². The third-order valence-corrected chi connectivity index (χ3v) is 5.71. The van der Waals surface area contributed by atoms with Crippen LogP contribution in [0.2, 0.25) is 0 Å². The van der Waals surface area contributed by atoms with Crippen molar-refractivity contribution in [2.24, 2.45) is 0 Å². The zero-order valence-corrected chi connectivity index (χ0v) is 15.3. The maximum Gasteiger partial charge on any atom is 0.244 e. The Morgan fingerprint density at radius 1 is 1.27 bits per heavy atom. The van der Waals surface area contributed by atoms with Crippen molar-refractivity contribution in [1.82, 2.24) is 24.9 Å². The predicted molar refractivity (Wildman–Crippen MR) is 96.1 cm³/mol. The van der Waals surface area contributed by atoms with Gasteiger partial charge >= 0.3 is 0 Å². The van der Waals surface area contributed by atoms with Gasteiger partial charge in [0.05, 0.1) is 6.04 Å².